The van der Waals surface area contributed by atoms with Crippen LogP contribution in [0.2, 0.25) is 0 Å². The Morgan fingerprint density at radius 1 is 1.39 bits per heavy atom. The fourth-order valence-corrected chi connectivity index (χ4v) is 2.48. The molecule has 1 aliphatic heterocycles. The van der Waals surface area contributed by atoms with Crippen LogP contribution < -0.4 is 0 Å². The number of fused-ring (bicyclic) bond motifs is 1. The van der Waals surface area contributed by atoms with E-state index in [1.54, 1.807) is 22.7 Å². The number of carbonyl (C=O) groups is 1. The van der Waals surface area contributed by atoms with E-state index in [0.29, 0.717) is 0 Å². The molecular weight excluding hydrogens is 232 g/mol. The van der Waals surface area contributed by atoms with E-state index in [1.165, 1.54) is 0 Å². The molecule has 0 spiro atoms. The Balaban J connectivity index is 2.14. The van der Waals surface area contributed by atoms with Crippen molar-refractivity contribution in [3.8, 4) is 0 Å². The zero-order valence-corrected chi connectivity index (χ0v) is 9.87. The molecule has 0 aliphatic carbocycles. The van der Waals surface area contributed by atoms with E-state index in [2.05, 4.69) is 4.98 Å². The first-order chi connectivity index (χ1) is 8.77. The van der Waals surface area contributed by atoms with Gasteiger partial charge in [0.1, 0.15) is 11.5 Å². The van der Waals surface area contributed by atoms with Crippen molar-refractivity contribution in [2.45, 2.75) is 18.8 Å². The molecule has 5 nitrogen and oxygen atoms in total. The summed E-state index contributed by atoms with van der Waals surface area (Å²) in [5.41, 5.74) is 1.10. The monoisotopic (exact) mass is 246 g/mol. The second kappa shape index (κ2) is 4.42. The van der Waals surface area contributed by atoms with Crippen molar-refractivity contribution < 1.29 is 14.6 Å². The molecule has 0 atom stereocenters. The normalized spacial score (nSPS) is 17.1. The quantitative estimate of drug-likeness (QED) is 0.879. The number of hydrogen-bond acceptors (Lipinski definition) is 3. The van der Waals surface area contributed by atoms with Crippen LogP contribution in [-0.4, -0.2) is 33.7 Å². The molecule has 2 aromatic heterocycles. The highest BCUT2D eigenvalue weighted by molar-refractivity contribution is 5.86. The summed E-state index contributed by atoms with van der Waals surface area (Å²) >= 11 is 0. The first kappa shape index (κ1) is 11.2. The zero-order chi connectivity index (χ0) is 12.5. The van der Waals surface area contributed by atoms with Gasteiger partial charge in [0.2, 0.25) is 0 Å². The number of pyridine rings is 1. The van der Waals surface area contributed by atoms with Crippen molar-refractivity contribution >= 4 is 11.5 Å². The van der Waals surface area contributed by atoms with E-state index in [0.717, 1.165) is 37.4 Å². The molecule has 0 amide bonds. The third-order valence-corrected chi connectivity index (χ3v) is 3.38. The van der Waals surface area contributed by atoms with Gasteiger partial charge in [0.05, 0.1) is 11.7 Å². The second-order valence-electron chi connectivity index (χ2n) is 4.48. The van der Waals surface area contributed by atoms with Crippen LogP contribution in [0, 0.1) is 0 Å². The van der Waals surface area contributed by atoms with Gasteiger partial charge in [-0.3, -0.25) is 4.40 Å². The standard InChI is InChI=1S/C13H14N2O3/c16-13(17)11-3-1-2-10-8-14-12(15(10)11)9-4-6-18-7-5-9/h1-3,8-9H,4-7H2,(H,16,17). The molecule has 94 valence electrons. The van der Waals surface area contributed by atoms with E-state index in [-0.39, 0.29) is 11.6 Å². The number of nitrogens with zero attached hydrogens (tertiary/aromatic N) is 2. The van der Waals surface area contributed by atoms with Gasteiger partial charge in [0.15, 0.2) is 0 Å². The average molecular weight is 246 g/mol. The van der Waals surface area contributed by atoms with Crippen molar-refractivity contribution in [2.24, 2.45) is 0 Å². The maximum atomic E-state index is 11.3. The Morgan fingerprint density at radius 3 is 2.89 bits per heavy atom. The predicted molar refractivity (Wildman–Crippen MR) is 64.9 cm³/mol. The summed E-state index contributed by atoms with van der Waals surface area (Å²) in [6.45, 7) is 1.43. The molecule has 1 N–H and O–H groups in total. The van der Waals surface area contributed by atoms with Crippen molar-refractivity contribution in [2.75, 3.05) is 13.2 Å². The minimum Gasteiger partial charge on any atom is -0.477 e. The minimum absolute atomic E-state index is 0.270. The van der Waals surface area contributed by atoms with Crippen LogP contribution in [0.4, 0.5) is 0 Å². The number of aromatic carboxylic acids is 1. The summed E-state index contributed by atoms with van der Waals surface area (Å²) in [6, 6.07) is 5.23. The molecule has 2 aromatic rings. The Morgan fingerprint density at radius 2 is 2.17 bits per heavy atom. The highest BCUT2D eigenvalue weighted by Gasteiger charge is 2.22. The van der Waals surface area contributed by atoms with Crippen LogP contribution in [0.1, 0.15) is 35.1 Å². The molecular formula is C13H14N2O3. The summed E-state index contributed by atoms with van der Waals surface area (Å²) in [7, 11) is 0. The van der Waals surface area contributed by atoms with Gasteiger partial charge in [-0.1, -0.05) is 6.07 Å². The maximum absolute atomic E-state index is 11.3. The van der Waals surface area contributed by atoms with Crippen LogP contribution >= 0.6 is 0 Å². The first-order valence-electron chi connectivity index (χ1n) is 6.05. The molecule has 0 radical (unpaired) electrons. The van der Waals surface area contributed by atoms with E-state index in [4.69, 9.17) is 4.74 Å². The average Bonchev–Trinajstić information content (AvgIpc) is 2.83. The zero-order valence-electron chi connectivity index (χ0n) is 9.87. The highest BCUT2D eigenvalue weighted by Crippen LogP contribution is 2.27. The molecule has 5 heteroatoms. The fourth-order valence-electron chi connectivity index (χ4n) is 2.48. The van der Waals surface area contributed by atoms with Gasteiger partial charge in [-0.05, 0) is 25.0 Å². The van der Waals surface area contributed by atoms with Crippen LogP contribution in [-0.2, 0) is 4.74 Å². The third kappa shape index (κ3) is 1.76. The van der Waals surface area contributed by atoms with Crippen molar-refractivity contribution in [3.05, 3.63) is 35.9 Å². The van der Waals surface area contributed by atoms with Gasteiger partial charge in [-0.15, -0.1) is 0 Å². The Kier molecular flexibility index (Phi) is 2.76. The molecule has 1 fully saturated rings. The molecule has 1 aliphatic rings. The number of carboxylic acid groups (broad SMARTS) is 1. The second-order valence-corrected chi connectivity index (χ2v) is 4.48. The summed E-state index contributed by atoms with van der Waals surface area (Å²) in [5.74, 6) is 0.194. The van der Waals surface area contributed by atoms with Crippen molar-refractivity contribution in [1.29, 1.82) is 0 Å². The van der Waals surface area contributed by atoms with Gasteiger partial charge in [-0.25, -0.2) is 9.78 Å². The Bertz CT molecular complexity index is 585. The van der Waals surface area contributed by atoms with Gasteiger partial charge >= 0.3 is 5.97 Å². The lowest BCUT2D eigenvalue weighted by Gasteiger charge is -2.21. The maximum Gasteiger partial charge on any atom is 0.352 e. The lowest BCUT2D eigenvalue weighted by molar-refractivity contribution is 0.0686. The molecule has 0 unspecified atom stereocenters. The van der Waals surface area contributed by atoms with E-state index in [9.17, 15) is 9.90 Å². The van der Waals surface area contributed by atoms with Gasteiger partial charge in [0, 0.05) is 19.1 Å². The topological polar surface area (TPSA) is 63.8 Å². The lowest BCUT2D eigenvalue weighted by Crippen LogP contribution is -2.18. The molecule has 1 saturated heterocycles. The molecule has 0 bridgehead atoms. The number of aromatic nitrogens is 2. The fraction of sp³-hybridized carbons (Fsp3) is 0.385. The molecule has 18 heavy (non-hydrogen) atoms. The predicted octanol–water partition coefficient (Wildman–Crippen LogP) is 1.93. The summed E-state index contributed by atoms with van der Waals surface area (Å²) in [4.78, 5) is 15.7. The van der Waals surface area contributed by atoms with E-state index >= 15 is 0 Å². The van der Waals surface area contributed by atoms with Crippen molar-refractivity contribution in [3.63, 3.8) is 0 Å². The number of carboxylic acids is 1. The minimum atomic E-state index is -0.924. The number of imidazole rings is 1. The lowest BCUT2D eigenvalue weighted by atomic mass is 9.99. The summed E-state index contributed by atoms with van der Waals surface area (Å²) in [6.07, 6.45) is 3.53. The van der Waals surface area contributed by atoms with Crippen LogP contribution in [0.3, 0.4) is 0 Å². The smallest absolute Gasteiger partial charge is 0.352 e. The van der Waals surface area contributed by atoms with Gasteiger partial charge in [0.25, 0.3) is 0 Å². The first-order valence-corrected chi connectivity index (χ1v) is 6.05. The van der Waals surface area contributed by atoms with Crippen LogP contribution in [0.5, 0.6) is 0 Å². The van der Waals surface area contributed by atoms with Crippen LogP contribution in [0.25, 0.3) is 5.52 Å². The van der Waals surface area contributed by atoms with Gasteiger partial charge < -0.3 is 9.84 Å². The van der Waals surface area contributed by atoms with Gasteiger partial charge in [-0.2, -0.15) is 0 Å². The Hall–Kier alpha value is -1.88. The third-order valence-electron chi connectivity index (χ3n) is 3.38. The SMILES string of the molecule is O=C(O)c1cccc2cnc(C3CCOCC3)n12. The number of ether oxygens (including phenoxy) is 1. The highest BCUT2D eigenvalue weighted by atomic mass is 16.5. The van der Waals surface area contributed by atoms with E-state index < -0.39 is 5.97 Å². The van der Waals surface area contributed by atoms with E-state index in [1.807, 2.05) is 6.07 Å². The molecule has 0 aromatic carbocycles. The molecule has 3 rings (SSSR count). The van der Waals surface area contributed by atoms with Crippen molar-refractivity contribution in [1.82, 2.24) is 9.38 Å². The molecule has 3 heterocycles. The summed E-state index contributed by atoms with van der Waals surface area (Å²) in [5, 5.41) is 9.25. The largest absolute Gasteiger partial charge is 0.477 e. The Labute approximate surface area is 104 Å². The summed E-state index contributed by atoms with van der Waals surface area (Å²) < 4.78 is 7.08. The molecule has 0 saturated carbocycles. The van der Waals surface area contributed by atoms with Crippen LogP contribution in [0.15, 0.2) is 24.4 Å². The number of hydrogen-bond donors (Lipinski definition) is 1. The number of rotatable bonds is 2.